The van der Waals surface area contributed by atoms with Crippen LogP contribution < -0.4 is 10.2 Å². The molecule has 0 unspecified atom stereocenters. The van der Waals surface area contributed by atoms with Gasteiger partial charge in [-0.15, -0.1) is 24.0 Å². The minimum absolute atomic E-state index is 0. The van der Waals surface area contributed by atoms with Crippen LogP contribution in [0.3, 0.4) is 0 Å². The summed E-state index contributed by atoms with van der Waals surface area (Å²) in [5.74, 6) is 0.785. The van der Waals surface area contributed by atoms with E-state index in [4.69, 9.17) is 4.99 Å². The van der Waals surface area contributed by atoms with Gasteiger partial charge in [0, 0.05) is 38.6 Å². The molecule has 0 radical (unpaired) electrons. The van der Waals surface area contributed by atoms with E-state index in [-0.39, 0.29) is 36.4 Å². The number of halogens is 1. The topological polar surface area (TPSA) is 83.6 Å². The van der Waals surface area contributed by atoms with Crippen molar-refractivity contribution in [2.45, 2.75) is 27.3 Å². The summed E-state index contributed by atoms with van der Waals surface area (Å²) in [5, 5.41) is 12.2. The molecule has 1 aromatic carbocycles. The van der Waals surface area contributed by atoms with Gasteiger partial charge < -0.3 is 15.1 Å². The van der Waals surface area contributed by atoms with Crippen LogP contribution in [0.1, 0.15) is 23.9 Å². The third kappa shape index (κ3) is 5.55. The van der Waals surface area contributed by atoms with Crippen molar-refractivity contribution in [2.24, 2.45) is 12.0 Å². The molecule has 3 heterocycles. The molecule has 9 nitrogen and oxygen atoms in total. The normalized spacial score (nSPS) is 14.4. The largest absolute Gasteiger partial charge is 0.356 e. The van der Waals surface area contributed by atoms with Crippen molar-refractivity contribution in [2.75, 3.05) is 31.1 Å². The van der Waals surface area contributed by atoms with Gasteiger partial charge in [-0.05, 0) is 38.5 Å². The van der Waals surface area contributed by atoms with Crippen LogP contribution in [0.5, 0.6) is 0 Å². The summed E-state index contributed by atoms with van der Waals surface area (Å²) in [4.78, 5) is 21.5. The van der Waals surface area contributed by atoms with E-state index in [0.29, 0.717) is 19.6 Å². The molecule has 1 fully saturated rings. The van der Waals surface area contributed by atoms with E-state index in [9.17, 15) is 4.79 Å². The minimum Gasteiger partial charge on any atom is -0.356 e. The number of benzene rings is 1. The molecule has 0 bridgehead atoms. The maximum atomic E-state index is 12.8. The first-order valence-corrected chi connectivity index (χ1v) is 10.9. The highest BCUT2D eigenvalue weighted by molar-refractivity contribution is 14.0. The number of hydrogen-bond donors (Lipinski definition) is 1. The van der Waals surface area contributed by atoms with Crippen LogP contribution in [0.2, 0.25) is 0 Å². The molecule has 2 aromatic heterocycles. The Morgan fingerprint density at radius 2 is 2.00 bits per heavy atom. The fourth-order valence-electron chi connectivity index (χ4n) is 3.98. The Hall–Kier alpha value is -2.89. The number of carbonyl (C=O) groups is 1. The monoisotopic (exact) mass is 562 g/mol. The molecule has 176 valence electrons. The lowest BCUT2D eigenvalue weighted by atomic mass is 10.2. The van der Waals surface area contributed by atoms with Crippen LogP contribution in [0.4, 0.5) is 5.69 Å². The zero-order valence-corrected chi connectivity index (χ0v) is 21.9. The Kier molecular flexibility index (Phi) is 8.11. The number of para-hydroxylation sites is 1. The average Bonchev–Trinajstić information content (AvgIpc) is 3.35. The number of nitrogens with one attached hydrogen (secondary N) is 1. The Labute approximate surface area is 211 Å². The van der Waals surface area contributed by atoms with E-state index in [1.807, 2.05) is 48.8 Å². The Bertz CT molecular complexity index is 1140. The van der Waals surface area contributed by atoms with Crippen LogP contribution in [-0.4, -0.2) is 62.5 Å². The highest BCUT2D eigenvalue weighted by atomic mass is 127. The first kappa shape index (κ1) is 24.7. The first-order chi connectivity index (χ1) is 15.5. The first-order valence-electron chi connectivity index (χ1n) is 10.9. The summed E-state index contributed by atoms with van der Waals surface area (Å²) in [7, 11) is 1.85. The van der Waals surface area contributed by atoms with Gasteiger partial charge in [-0.3, -0.25) is 9.48 Å². The van der Waals surface area contributed by atoms with Gasteiger partial charge in [0.15, 0.2) is 5.96 Å². The van der Waals surface area contributed by atoms with Gasteiger partial charge >= 0.3 is 0 Å². The van der Waals surface area contributed by atoms with Gasteiger partial charge in [0.1, 0.15) is 6.54 Å². The Morgan fingerprint density at radius 3 is 2.64 bits per heavy atom. The van der Waals surface area contributed by atoms with Crippen LogP contribution in [0.15, 0.2) is 47.7 Å². The molecule has 1 aliphatic rings. The van der Waals surface area contributed by atoms with Crippen LogP contribution >= 0.6 is 24.0 Å². The lowest BCUT2D eigenvalue weighted by Gasteiger charge is -2.35. The number of carbonyl (C=O) groups excluding carboxylic acids is 1. The second kappa shape index (κ2) is 10.8. The number of anilines is 1. The van der Waals surface area contributed by atoms with Crippen LogP contribution in [0.25, 0.3) is 5.69 Å². The quantitative estimate of drug-likeness (QED) is 0.294. The average molecular weight is 562 g/mol. The van der Waals surface area contributed by atoms with Crippen molar-refractivity contribution in [3.8, 4) is 5.69 Å². The number of rotatable bonds is 5. The molecule has 1 aliphatic heterocycles. The summed E-state index contributed by atoms with van der Waals surface area (Å²) < 4.78 is 3.67. The molecule has 33 heavy (non-hydrogen) atoms. The maximum absolute atomic E-state index is 12.8. The maximum Gasteiger partial charge on any atom is 0.246 e. The highest BCUT2D eigenvalue weighted by Gasteiger charge is 2.27. The predicted molar refractivity (Wildman–Crippen MR) is 140 cm³/mol. The summed E-state index contributed by atoms with van der Waals surface area (Å²) in [5.41, 5.74) is 5.00. The molecule has 3 aromatic rings. The van der Waals surface area contributed by atoms with Gasteiger partial charge in [0.05, 0.1) is 29.8 Å². The fraction of sp³-hybridized carbons (Fsp3) is 0.391. The number of amides is 1. The van der Waals surface area contributed by atoms with Gasteiger partial charge in [-0.2, -0.15) is 10.2 Å². The Balaban J connectivity index is 0.00000306. The second-order valence-corrected chi connectivity index (χ2v) is 7.98. The molecule has 0 saturated carbocycles. The summed E-state index contributed by atoms with van der Waals surface area (Å²) in [6.07, 6.45) is 3.59. The number of guanidine groups is 1. The van der Waals surface area contributed by atoms with Crippen molar-refractivity contribution in [3.63, 3.8) is 0 Å². The number of aryl methyl sites for hydroxylation is 3. The molecule has 10 heteroatoms. The SMILES string of the molecule is CCNC(=NCc1ccccc1-n1nc(C)cc1C)N1CCN(c2cnn(C)c2)C(=O)C1.I. The van der Waals surface area contributed by atoms with Gasteiger partial charge in [0.25, 0.3) is 0 Å². The lowest BCUT2D eigenvalue weighted by molar-refractivity contribution is -0.120. The zero-order valence-electron chi connectivity index (χ0n) is 19.5. The molecule has 1 saturated heterocycles. The summed E-state index contributed by atoms with van der Waals surface area (Å²) >= 11 is 0. The molecule has 1 N–H and O–H groups in total. The number of piperazine rings is 1. The van der Waals surface area contributed by atoms with Crippen molar-refractivity contribution >= 4 is 41.5 Å². The highest BCUT2D eigenvalue weighted by Crippen LogP contribution is 2.19. The molecule has 0 spiro atoms. The zero-order chi connectivity index (χ0) is 22.7. The standard InChI is InChI=1S/C23H30N8O.HI/c1-5-24-23(29-10-11-30(22(32)16-29)20-14-26-28(4)15-20)25-13-19-8-6-7-9-21(19)31-18(3)12-17(2)27-31;/h6-9,12,14-15H,5,10-11,13,16H2,1-4H3,(H,24,25);1H. The predicted octanol–water partition coefficient (Wildman–Crippen LogP) is 2.65. The molecule has 0 aliphatic carbocycles. The molecular formula is C23H31IN8O. The smallest absolute Gasteiger partial charge is 0.246 e. The van der Waals surface area contributed by atoms with E-state index in [0.717, 1.165) is 40.8 Å². The Morgan fingerprint density at radius 1 is 1.21 bits per heavy atom. The van der Waals surface area contributed by atoms with Crippen molar-refractivity contribution in [3.05, 3.63) is 59.7 Å². The van der Waals surface area contributed by atoms with Gasteiger partial charge in [-0.25, -0.2) is 9.67 Å². The van der Waals surface area contributed by atoms with Gasteiger partial charge in [-0.1, -0.05) is 18.2 Å². The summed E-state index contributed by atoms with van der Waals surface area (Å²) in [6, 6.07) is 10.2. The van der Waals surface area contributed by atoms with Crippen molar-refractivity contribution in [1.29, 1.82) is 0 Å². The summed E-state index contributed by atoms with van der Waals surface area (Å²) in [6.45, 7) is 8.88. The molecule has 0 atom stereocenters. The number of aromatic nitrogens is 4. The minimum atomic E-state index is 0. The van der Waals surface area contributed by atoms with E-state index >= 15 is 0 Å². The van der Waals surface area contributed by atoms with E-state index < -0.39 is 0 Å². The number of hydrogen-bond acceptors (Lipinski definition) is 4. The molecular weight excluding hydrogens is 531 g/mol. The van der Waals surface area contributed by atoms with Crippen LogP contribution in [0, 0.1) is 13.8 Å². The molecule has 4 rings (SSSR count). The van der Waals surface area contributed by atoms with Gasteiger partial charge in [0.2, 0.25) is 5.91 Å². The van der Waals surface area contributed by atoms with E-state index in [1.54, 1.807) is 15.8 Å². The third-order valence-corrected chi connectivity index (χ3v) is 5.49. The molecule has 1 amide bonds. The number of nitrogens with zero attached hydrogens (tertiary/aromatic N) is 7. The third-order valence-electron chi connectivity index (χ3n) is 5.49. The lowest BCUT2D eigenvalue weighted by Crippen LogP contribution is -2.55. The van der Waals surface area contributed by atoms with Crippen molar-refractivity contribution < 1.29 is 4.79 Å². The van der Waals surface area contributed by atoms with E-state index in [1.165, 1.54) is 0 Å². The number of aliphatic imine (C=N–C) groups is 1. The van der Waals surface area contributed by atoms with E-state index in [2.05, 4.69) is 40.6 Å². The van der Waals surface area contributed by atoms with Crippen molar-refractivity contribution in [1.82, 2.24) is 29.8 Å². The van der Waals surface area contributed by atoms with Crippen LogP contribution in [-0.2, 0) is 18.4 Å². The second-order valence-electron chi connectivity index (χ2n) is 7.98. The fourth-order valence-corrected chi connectivity index (χ4v) is 3.98.